The summed E-state index contributed by atoms with van der Waals surface area (Å²) in [4.78, 5) is 11.7. The van der Waals surface area contributed by atoms with Crippen LogP contribution in [0.2, 0.25) is 0 Å². The summed E-state index contributed by atoms with van der Waals surface area (Å²) in [7, 11) is 0. The molecule has 0 aromatic carbocycles. The first-order chi connectivity index (χ1) is 8.33. The van der Waals surface area contributed by atoms with E-state index in [1.807, 2.05) is 25.1 Å². The van der Waals surface area contributed by atoms with Crippen LogP contribution in [-0.2, 0) is 0 Å². The van der Waals surface area contributed by atoms with E-state index in [2.05, 4.69) is 25.2 Å². The summed E-state index contributed by atoms with van der Waals surface area (Å²) in [5.74, 6) is 1.46. The van der Waals surface area contributed by atoms with Gasteiger partial charge in [0.15, 0.2) is 11.6 Å². The molecular weight excluding hydrogens is 216 g/mol. The molecule has 86 valence electrons. The topological polar surface area (TPSA) is 60.0 Å². The van der Waals surface area contributed by atoms with Crippen LogP contribution in [0.25, 0.3) is 10.7 Å². The number of rotatable bonds is 4. The molecule has 0 spiro atoms. The van der Waals surface area contributed by atoms with E-state index in [1.54, 1.807) is 10.9 Å². The minimum absolute atomic E-state index is 0.0476. The highest BCUT2D eigenvalue weighted by atomic mass is 15.4. The largest absolute Gasteiger partial charge is 0.300 e. The second-order valence-electron chi connectivity index (χ2n) is 3.46. The van der Waals surface area contributed by atoms with Gasteiger partial charge >= 0.3 is 0 Å². The van der Waals surface area contributed by atoms with E-state index in [9.17, 15) is 0 Å². The Bertz CT molecular complexity index is 512. The van der Waals surface area contributed by atoms with Crippen molar-refractivity contribution >= 4 is 0 Å². The van der Waals surface area contributed by atoms with Gasteiger partial charge in [-0.25, -0.2) is 21.9 Å². The van der Waals surface area contributed by atoms with Crippen molar-refractivity contribution in [1.82, 2.24) is 25.1 Å². The van der Waals surface area contributed by atoms with Crippen LogP contribution in [0.1, 0.15) is 18.8 Å². The van der Waals surface area contributed by atoms with Crippen LogP contribution >= 0.6 is 0 Å². The lowest BCUT2D eigenvalue weighted by molar-refractivity contribution is 0.560. The number of hydrogen-bond donors (Lipinski definition) is 1. The van der Waals surface area contributed by atoms with Crippen molar-refractivity contribution in [1.29, 1.82) is 0 Å². The molecule has 2 aromatic rings. The summed E-state index contributed by atoms with van der Waals surface area (Å²) >= 11 is 0. The molecule has 0 saturated carbocycles. The van der Waals surface area contributed by atoms with Gasteiger partial charge in [-0.1, -0.05) is 6.07 Å². The molecule has 0 aliphatic rings. The molecule has 0 bridgehead atoms. The second-order valence-corrected chi connectivity index (χ2v) is 3.46. The number of hydrogen-bond acceptors (Lipinski definition) is 4. The monoisotopic (exact) mass is 228 g/mol. The Morgan fingerprint density at radius 1 is 1.47 bits per heavy atom. The summed E-state index contributed by atoms with van der Waals surface area (Å²) in [5, 5.41) is 7.18. The van der Waals surface area contributed by atoms with Crippen LogP contribution in [0.3, 0.4) is 0 Å². The molecule has 1 N–H and O–H groups in total. The molecule has 17 heavy (non-hydrogen) atoms. The third kappa shape index (κ3) is 2.46. The van der Waals surface area contributed by atoms with Gasteiger partial charge in [-0.05, 0) is 19.1 Å². The van der Waals surface area contributed by atoms with Crippen LogP contribution < -0.4 is 5.32 Å². The first kappa shape index (κ1) is 11.2. The SMILES string of the molecule is [C-]#[N+]CNC(C)c1ncnn1-c1ccccn1. The van der Waals surface area contributed by atoms with Crippen molar-refractivity contribution in [2.75, 3.05) is 6.67 Å². The van der Waals surface area contributed by atoms with Gasteiger partial charge in [0.25, 0.3) is 6.67 Å². The highest BCUT2D eigenvalue weighted by Crippen LogP contribution is 2.12. The lowest BCUT2D eigenvalue weighted by Gasteiger charge is -2.10. The molecule has 1 atom stereocenters. The van der Waals surface area contributed by atoms with Gasteiger partial charge in [0.2, 0.25) is 0 Å². The van der Waals surface area contributed by atoms with Crippen molar-refractivity contribution in [3.63, 3.8) is 0 Å². The summed E-state index contributed by atoms with van der Waals surface area (Å²) in [6, 6.07) is 5.56. The molecule has 0 fully saturated rings. The van der Waals surface area contributed by atoms with Gasteiger partial charge in [-0.2, -0.15) is 9.78 Å². The average molecular weight is 228 g/mol. The normalized spacial score (nSPS) is 12.0. The molecule has 6 nitrogen and oxygen atoms in total. The number of aromatic nitrogens is 4. The van der Waals surface area contributed by atoms with Crippen molar-refractivity contribution in [2.24, 2.45) is 0 Å². The molecule has 0 aliphatic carbocycles. The van der Waals surface area contributed by atoms with Crippen molar-refractivity contribution in [3.05, 3.63) is 48.0 Å². The van der Waals surface area contributed by atoms with Crippen molar-refractivity contribution in [2.45, 2.75) is 13.0 Å². The zero-order valence-corrected chi connectivity index (χ0v) is 9.41. The second kappa shape index (κ2) is 5.18. The van der Waals surface area contributed by atoms with E-state index in [-0.39, 0.29) is 12.7 Å². The van der Waals surface area contributed by atoms with Gasteiger partial charge in [0.05, 0.1) is 6.04 Å². The van der Waals surface area contributed by atoms with Crippen LogP contribution in [0.5, 0.6) is 0 Å². The molecule has 0 radical (unpaired) electrons. The maximum atomic E-state index is 6.75. The minimum atomic E-state index is -0.0476. The Labute approximate surface area is 99.1 Å². The summed E-state index contributed by atoms with van der Waals surface area (Å²) < 4.78 is 1.67. The molecule has 2 aromatic heterocycles. The van der Waals surface area contributed by atoms with E-state index in [0.29, 0.717) is 0 Å². The maximum Gasteiger partial charge on any atom is 0.268 e. The van der Waals surface area contributed by atoms with Crippen molar-refractivity contribution < 1.29 is 0 Å². The van der Waals surface area contributed by atoms with E-state index in [0.717, 1.165) is 11.6 Å². The first-order valence-electron chi connectivity index (χ1n) is 5.21. The fraction of sp³-hybridized carbons (Fsp3) is 0.273. The summed E-state index contributed by atoms with van der Waals surface area (Å²) in [6.45, 7) is 8.95. The predicted octanol–water partition coefficient (Wildman–Crippen LogP) is 1.19. The molecule has 2 rings (SSSR count). The number of nitrogens with zero attached hydrogens (tertiary/aromatic N) is 5. The summed E-state index contributed by atoms with van der Waals surface area (Å²) in [6.07, 6.45) is 3.19. The zero-order valence-electron chi connectivity index (χ0n) is 9.41. The molecule has 0 saturated heterocycles. The average Bonchev–Trinajstić information content (AvgIpc) is 2.86. The molecule has 2 heterocycles. The van der Waals surface area contributed by atoms with Crippen molar-refractivity contribution in [3.8, 4) is 5.82 Å². The van der Waals surface area contributed by atoms with E-state index in [1.165, 1.54) is 6.33 Å². The van der Waals surface area contributed by atoms with Gasteiger partial charge in [-0.15, -0.1) is 0 Å². The molecular formula is C11H12N6. The fourth-order valence-corrected chi connectivity index (χ4v) is 1.48. The molecule has 0 amide bonds. The van der Waals surface area contributed by atoms with Crippen LogP contribution in [0.4, 0.5) is 0 Å². The molecule has 1 unspecified atom stereocenters. The predicted molar refractivity (Wildman–Crippen MR) is 62.2 cm³/mol. The number of pyridine rings is 1. The molecule has 6 heteroatoms. The van der Waals surface area contributed by atoms with E-state index < -0.39 is 0 Å². The highest BCUT2D eigenvalue weighted by Gasteiger charge is 2.14. The maximum absolute atomic E-state index is 6.75. The van der Waals surface area contributed by atoms with E-state index >= 15 is 0 Å². The number of nitrogens with one attached hydrogen (secondary N) is 1. The van der Waals surface area contributed by atoms with Crippen LogP contribution in [0.15, 0.2) is 30.7 Å². The Hall–Kier alpha value is -2.26. The Morgan fingerprint density at radius 3 is 3.06 bits per heavy atom. The van der Waals surface area contributed by atoms with Crippen LogP contribution in [-0.4, -0.2) is 26.4 Å². The Balaban J connectivity index is 2.26. The minimum Gasteiger partial charge on any atom is -0.300 e. The lowest BCUT2D eigenvalue weighted by atomic mass is 10.3. The fourth-order valence-electron chi connectivity index (χ4n) is 1.48. The molecule has 0 aliphatic heterocycles. The zero-order chi connectivity index (χ0) is 12.1. The lowest BCUT2D eigenvalue weighted by Crippen LogP contribution is -2.21. The van der Waals surface area contributed by atoms with E-state index in [4.69, 9.17) is 6.57 Å². The van der Waals surface area contributed by atoms with Gasteiger partial charge in [-0.3, -0.25) is 4.85 Å². The van der Waals surface area contributed by atoms with Gasteiger partial charge in [0.1, 0.15) is 6.33 Å². The van der Waals surface area contributed by atoms with Gasteiger partial charge in [0, 0.05) is 6.20 Å². The highest BCUT2D eigenvalue weighted by molar-refractivity contribution is 5.21. The standard InChI is InChI=1S/C11H12N6/c1-9(14-7-12-2)11-15-8-16-17(11)10-5-3-4-6-13-10/h3-6,8-9,14H,7H2,1H3. The Morgan fingerprint density at radius 2 is 2.35 bits per heavy atom. The third-order valence-electron chi connectivity index (χ3n) is 2.30. The smallest absolute Gasteiger partial charge is 0.268 e. The third-order valence-corrected chi connectivity index (χ3v) is 2.30. The van der Waals surface area contributed by atoms with Crippen LogP contribution in [0, 0.1) is 6.57 Å². The van der Waals surface area contributed by atoms with Gasteiger partial charge < -0.3 is 0 Å². The Kier molecular flexibility index (Phi) is 3.43. The first-order valence-corrected chi connectivity index (χ1v) is 5.21. The summed E-state index contributed by atoms with van der Waals surface area (Å²) in [5.41, 5.74) is 0. The quantitative estimate of drug-likeness (QED) is 0.798.